The summed E-state index contributed by atoms with van der Waals surface area (Å²) in [5.74, 6) is -0.347. The number of rotatable bonds is 5. The molecule has 2 aliphatic rings. The Morgan fingerprint density at radius 3 is 2.77 bits per heavy atom. The van der Waals surface area contributed by atoms with Crippen molar-refractivity contribution in [2.75, 3.05) is 32.9 Å². The summed E-state index contributed by atoms with van der Waals surface area (Å²) in [6, 6.07) is 4.59. The topological polar surface area (TPSA) is 101 Å². The largest absolute Gasteiger partial charge is 0.394 e. The molecule has 1 aromatic heterocycles. The molecule has 0 bridgehead atoms. The van der Waals surface area contributed by atoms with Gasteiger partial charge in [-0.05, 0) is 12.1 Å². The number of aliphatic hydroxyl groups excluding tert-OH is 1. The highest BCUT2D eigenvalue weighted by Gasteiger charge is 2.30. The van der Waals surface area contributed by atoms with E-state index in [1.54, 1.807) is 41.4 Å². The first-order valence-corrected chi connectivity index (χ1v) is 8.69. The lowest BCUT2D eigenvalue weighted by atomic mass is 10.0. The number of nitrogens with one attached hydrogen (secondary N) is 1. The minimum Gasteiger partial charge on any atom is -0.394 e. The Morgan fingerprint density at radius 2 is 2.08 bits per heavy atom. The van der Waals surface area contributed by atoms with E-state index in [1.807, 2.05) is 0 Å². The monoisotopic (exact) mass is 361 g/mol. The molecule has 140 valence electrons. The standard InChI is InChI=1S/C18H23N3O5/c22-12-16-14(20-18(24)15-3-1-2-6-19-15)5-4-13(26-16)11-17(23)21-7-9-25-10-8-21/h1-6,13-14,16,22H,7-12H2,(H,20,24)/t13-,14+,16+/m1/s1. The van der Waals surface area contributed by atoms with Crippen LogP contribution in [0.15, 0.2) is 36.5 Å². The zero-order valence-corrected chi connectivity index (χ0v) is 14.4. The number of hydrogen-bond donors (Lipinski definition) is 2. The van der Waals surface area contributed by atoms with Gasteiger partial charge >= 0.3 is 0 Å². The summed E-state index contributed by atoms with van der Waals surface area (Å²) in [5, 5.41) is 12.4. The molecule has 1 aromatic rings. The molecule has 3 heterocycles. The fraction of sp³-hybridized carbons (Fsp3) is 0.500. The Labute approximate surface area is 151 Å². The van der Waals surface area contributed by atoms with Gasteiger partial charge in [0.05, 0.1) is 38.4 Å². The molecule has 0 unspecified atom stereocenters. The zero-order chi connectivity index (χ0) is 18.4. The van der Waals surface area contributed by atoms with Gasteiger partial charge in [0.2, 0.25) is 5.91 Å². The second-order valence-electron chi connectivity index (χ2n) is 6.19. The van der Waals surface area contributed by atoms with Crippen molar-refractivity contribution in [1.29, 1.82) is 0 Å². The van der Waals surface area contributed by atoms with Crippen molar-refractivity contribution in [3.8, 4) is 0 Å². The molecule has 8 heteroatoms. The number of ether oxygens (including phenoxy) is 2. The van der Waals surface area contributed by atoms with Crippen molar-refractivity contribution >= 4 is 11.8 Å². The molecular formula is C18H23N3O5. The predicted molar refractivity (Wildman–Crippen MR) is 92.4 cm³/mol. The zero-order valence-electron chi connectivity index (χ0n) is 14.4. The van der Waals surface area contributed by atoms with Gasteiger partial charge in [0.15, 0.2) is 0 Å². The number of carbonyl (C=O) groups is 2. The van der Waals surface area contributed by atoms with Gasteiger partial charge in [-0.1, -0.05) is 18.2 Å². The van der Waals surface area contributed by atoms with Crippen molar-refractivity contribution in [3.63, 3.8) is 0 Å². The van der Waals surface area contributed by atoms with Gasteiger partial charge in [0, 0.05) is 19.3 Å². The van der Waals surface area contributed by atoms with Gasteiger partial charge in [-0.2, -0.15) is 0 Å². The van der Waals surface area contributed by atoms with Crippen LogP contribution in [0.1, 0.15) is 16.9 Å². The van der Waals surface area contributed by atoms with Crippen LogP contribution >= 0.6 is 0 Å². The predicted octanol–water partition coefficient (Wildman–Crippen LogP) is -0.255. The number of hydrogen-bond acceptors (Lipinski definition) is 6. The summed E-state index contributed by atoms with van der Waals surface area (Å²) >= 11 is 0. The highest BCUT2D eigenvalue weighted by Crippen LogP contribution is 2.17. The number of nitrogens with zero attached hydrogens (tertiary/aromatic N) is 2. The Morgan fingerprint density at radius 1 is 1.27 bits per heavy atom. The van der Waals surface area contributed by atoms with Crippen LogP contribution in [0.3, 0.4) is 0 Å². The maximum atomic E-state index is 12.3. The molecule has 0 spiro atoms. The van der Waals surface area contributed by atoms with Gasteiger partial charge in [-0.15, -0.1) is 0 Å². The molecule has 0 aliphatic carbocycles. The molecule has 26 heavy (non-hydrogen) atoms. The van der Waals surface area contributed by atoms with E-state index in [-0.39, 0.29) is 24.8 Å². The summed E-state index contributed by atoms with van der Waals surface area (Å²) in [4.78, 5) is 30.3. The third-order valence-electron chi connectivity index (χ3n) is 4.40. The number of pyridine rings is 1. The lowest BCUT2D eigenvalue weighted by Crippen LogP contribution is -2.49. The van der Waals surface area contributed by atoms with Crippen LogP contribution in [-0.4, -0.2) is 78.0 Å². The molecule has 2 N–H and O–H groups in total. The molecule has 2 amide bonds. The van der Waals surface area contributed by atoms with Crippen LogP contribution in [0, 0.1) is 0 Å². The minimum atomic E-state index is -0.616. The SMILES string of the molecule is O=C(N[C@H]1C=C[C@H](CC(=O)N2CCOCC2)O[C@H]1CO)c1ccccn1. The van der Waals surface area contributed by atoms with Gasteiger partial charge in [-0.3, -0.25) is 14.6 Å². The van der Waals surface area contributed by atoms with Gasteiger partial charge in [-0.25, -0.2) is 0 Å². The van der Waals surface area contributed by atoms with Crippen LogP contribution in [0.2, 0.25) is 0 Å². The normalized spacial score (nSPS) is 25.7. The fourth-order valence-corrected chi connectivity index (χ4v) is 2.97. The summed E-state index contributed by atoms with van der Waals surface area (Å²) in [6.45, 7) is 2.00. The van der Waals surface area contributed by atoms with Crippen LogP contribution in [-0.2, 0) is 14.3 Å². The van der Waals surface area contributed by atoms with Crippen LogP contribution < -0.4 is 5.32 Å². The van der Waals surface area contributed by atoms with Crippen LogP contribution in [0.4, 0.5) is 0 Å². The molecule has 0 saturated carbocycles. The Kier molecular flexibility index (Phi) is 6.32. The first-order valence-electron chi connectivity index (χ1n) is 8.69. The molecule has 1 saturated heterocycles. The molecular weight excluding hydrogens is 338 g/mol. The smallest absolute Gasteiger partial charge is 0.270 e. The van der Waals surface area contributed by atoms with Gasteiger partial charge in [0.25, 0.3) is 5.91 Å². The van der Waals surface area contributed by atoms with E-state index in [0.717, 1.165) is 0 Å². The lowest BCUT2D eigenvalue weighted by molar-refractivity contribution is -0.139. The highest BCUT2D eigenvalue weighted by molar-refractivity contribution is 5.92. The summed E-state index contributed by atoms with van der Waals surface area (Å²) in [6.07, 6.45) is 4.23. The minimum absolute atomic E-state index is 0.00406. The molecule has 0 aromatic carbocycles. The Bertz CT molecular complexity index is 645. The molecule has 0 radical (unpaired) electrons. The van der Waals surface area contributed by atoms with E-state index in [1.165, 1.54) is 0 Å². The van der Waals surface area contributed by atoms with E-state index in [2.05, 4.69) is 10.3 Å². The quantitative estimate of drug-likeness (QED) is 0.701. The average molecular weight is 361 g/mol. The van der Waals surface area contributed by atoms with Crippen LogP contribution in [0.25, 0.3) is 0 Å². The van der Waals surface area contributed by atoms with Crippen molar-refractivity contribution in [2.45, 2.75) is 24.7 Å². The second kappa shape index (κ2) is 8.88. The molecule has 1 fully saturated rings. The third-order valence-corrected chi connectivity index (χ3v) is 4.40. The Hall–Kier alpha value is -2.29. The lowest BCUT2D eigenvalue weighted by Gasteiger charge is -2.33. The van der Waals surface area contributed by atoms with E-state index < -0.39 is 18.2 Å². The number of amides is 2. The van der Waals surface area contributed by atoms with Crippen molar-refractivity contribution in [2.24, 2.45) is 0 Å². The molecule has 2 aliphatic heterocycles. The van der Waals surface area contributed by atoms with E-state index in [9.17, 15) is 14.7 Å². The fourth-order valence-electron chi connectivity index (χ4n) is 2.97. The summed E-state index contributed by atoms with van der Waals surface area (Å²) < 4.78 is 11.0. The van der Waals surface area contributed by atoms with Crippen molar-refractivity contribution in [1.82, 2.24) is 15.2 Å². The van der Waals surface area contributed by atoms with Crippen LogP contribution in [0.5, 0.6) is 0 Å². The van der Waals surface area contributed by atoms with E-state index in [4.69, 9.17) is 9.47 Å². The third kappa shape index (κ3) is 4.66. The van der Waals surface area contributed by atoms with Crippen molar-refractivity contribution < 1.29 is 24.2 Å². The first kappa shape index (κ1) is 18.5. The maximum Gasteiger partial charge on any atom is 0.270 e. The first-order chi connectivity index (χ1) is 12.7. The van der Waals surface area contributed by atoms with E-state index in [0.29, 0.717) is 32.0 Å². The van der Waals surface area contributed by atoms with E-state index >= 15 is 0 Å². The maximum absolute atomic E-state index is 12.3. The Balaban J connectivity index is 1.57. The number of aliphatic hydroxyl groups is 1. The molecule has 3 rings (SSSR count). The summed E-state index contributed by atoms with van der Waals surface area (Å²) in [7, 11) is 0. The number of aromatic nitrogens is 1. The molecule has 8 nitrogen and oxygen atoms in total. The second-order valence-corrected chi connectivity index (χ2v) is 6.19. The average Bonchev–Trinajstić information content (AvgIpc) is 2.70. The highest BCUT2D eigenvalue weighted by atomic mass is 16.5. The number of morpholine rings is 1. The number of carbonyl (C=O) groups excluding carboxylic acids is 2. The van der Waals surface area contributed by atoms with Crippen molar-refractivity contribution in [3.05, 3.63) is 42.2 Å². The summed E-state index contributed by atoms with van der Waals surface area (Å²) in [5.41, 5.74) is 0.294. The van der Waals surface area contributed by atoms with Gasteiger partial charge < -0.3 is 24.8 Å². The van der Waals surface area contributed by atoms with Gasteiger partial charge in [0.1, 0.15) is 11.8 Å². The molecule has 3 atom stereocenters.